The Bertz CT molecular complexity index is 846. The normalized spacial score (nSPS) is 14.2. The Morgan fingerprint density at radius 2 is 1.96 bits per heavy atom. The molecule has 7 heteroatoms. The van der Waals surface area contributed by atoms with Crippen LogP contribution in [0.1, 0.15) is 23.5 Å². The number of carbonyl (C=O) groups is 1. The van der Waals surface area contributed by atoms with Crippen LogP contribution in [0, 0.1) is 5.82 Å². The van der Waals surface area contributed by atoms with Crippen LogP contribution in [0.25, 0.3) is 0 Å². The molecule has 1 aliphatic heterocycles. The SMILES string of the molecule is CN(C)Cc1cc(=O)n2c(n1)CN(C(=O)Cc1ccc(F)cc1)CCC2. The Balaban J connectivity index is 1.79. The van der Waals surface area contributed by atoms with Crippen molar-refractivity contribution in [1.82, 2.24) is 19.4 Å². The van der Waals surface area contributed by atoms with Crippen molar-refractivity contribution < 1.29 is 9.18 Å². The maximum atomic E-state index is 13.0. The lowest BCUT2D eigenvalue weighted by molar-refractivity contribution is -0.131. The summed E-state index contributed by atoms with van der Waals surface area (Å²) < 4.78 is 14.7. The van der Waals surface area contributed by atoms with Gasteiger partial charge in [0.25, 0.3) is 5.56 Å². The third-order valence-corrected chi connectivity index (χ3v) is 4.38. The summed E-state index contributed by atoms with van der Waals surface area (Å²) in [4.78, 5) is 33.3. The van der Waals surface area contributed by atoms with E-state index in [9.17, 15) is 14.0 Å². The molecule has 1 aliphatic rings. The predicted octanol–water partition coefficient (Wildman–Crippen LogP) is 1.42. The smallest absolute Gasteiger partial charge is 0.253 e. The highest BCUT2D eigenvalue weighted by molar-refractivity contribution is 5.78. The predicted molar refractivity (Wildman–Crippen MR) is 96.0 cm³/mol. The average Bonchev–Trinajstić information content (AvgIpc) is 2.79. The fourth-order valence-corrected chi connectivity index (χ4v) is 3.14. The first kappa shape index (κ1) is 18.3. The summed E-state index contributed by atoms with van der Waals surface area (Å²) in [7, 11) is 3.84. The highest BCUT2D eigenvalue weighted by Crippen LogP contribution is 2.13. The van der Waals surface area contributed by atoms with Gasteiger partial charge in [-0.1, -0.05) is 12.1 Å². The standard InChI is InChI=1S/C19H23FN4O2/c1-22(2)12-16-11-19(26)24-9-3-8-23(13-17(24)21-16)18(25)10-14-4-6-15(20)7-5-14/h4-7,11H,3,8-10,12-13H2,1-2H3. The van der Waals surface area contributed by atoms with Crippen molar-refractivity contribution in [2.45, 2.75) is 32.5 Å². The number of amides is 1. The van der Waals surface area contributed by atoms with Gasteiger partial charge in [0.2, 0.25) is 5.91 Å². The fraction of sp³-hybridized carbons (Fsp3) is 0.421. The van der Waals surface area contributed by atoms with Crippen molar-refractivity contribution >= 4 is 5.91 Å². The molecule has 0 bridgehead atoms. The molecule has 3 rings (SSSR count). The number of hydrogen-bond acceptors (Lipinski definition) is 4. The van der Waals surface area contributed by atoms with Crippen molar-refractivity contribution in [2.75, 3.05) is 20.6 Å². The van der Waals surface area contributed by atoms with E-state index in [1.165, 1.54) is 12.1 Å². The second-order valence-electron chi connectivity index (χ2n) is 6.86. The molecule has 1 aromatic carbocycles. The number of fused-ring (bicyclic) bond motifs is 1. The van der Waals surface area contributed by atoms with Crippen LogP contribution >= 0.6 is 0 Å². The number of carbonyl (C=O) groups excluding carboxylic acids is 1. The third-order valence-electron chi connectivity index (χ3n) is 4.38. The molecule has 2 aromatic rings. The second-order valence-corrected chi connectivity index (χ2v) is 6.86. The summed E-state index contributed by atoms with van der Waals surface area (Å²) in [6.45, 7) is 2.03. The van der Waals surface area contributed by atoms with Crippen LogP contribution in [0.15, 0.2) is 35.1 Å². The van der Waals surface area contributed by atoms with Crippen molar-refractivity contribution in [1.29, 1.82) is 0 Å². The average molecular weight is 358 g/mol. The van der Waals surface area contributed by atoms with Gasteiger partial charge in [-0.3, -0.25) is 14.2 Å². The topological polar surface area (TPSA) is 58.4 Å². The van der Waals surface area contributed by atoms with Crippen molar-refractivity contribution in [3.63, 3.8) is 0 Å². The van der Waals surface area contributed by atoms with Crippen LogP contribution in [0.3, 0.4) is 0 Å². The molecule has 1 amide bonds. The minimum absolute atomic E-state index is 0.0441. The van der Waals surface area contributed by atoms with E-state index in [-0.39, 0.29) is 23.7 Å². The van der Waals surface area contributed by atoms with E-state index < -0.39 is 0 Å². The van der Waals surface area contributed by atoms with Crippen LogP contribution < -0.4 is 5.56 Å². The van der Waals surface area contributed by atoms with Gasteiger partial charge in [0.05, 0.1) is 18.7 Å². The number of halogens is 1. The Hall–Kier alpha value is -2.54. The molecule has 0 aliphatic carbocycles. The number of rotatable bonds is 4. The molecule has 6 nitrogen and oxygen atoms in total. The first-order chi connectivity index (χ1) is 12.4. The zero-order valence-electron chi connectivity index (χ0n) is 15.1. The molecule has 0 spiro atoms. The van der Waals surface area contributed by atoms with Crippen LogP contribution in [-0.4, -0.2) is 45.9 Å². The summed E-state index contributed by atoms with van der Waals surface area (Å²) in [5, 5.41) is 0. The van der Waals surface area contributed by atoms with Gasteiger partial charge < -0.3 is 9.80 Å². The Morgan fingerprint density at radius 1 is 1.23 bits per heavy atom. The molecular formula is C19H23FN4O2. The monoisotopic (exact) mass is 358 g/mol. The molecule has 0 saturated heterocycles. The largest absolute Gasteiger partial charge is 0.335 e. The molecule has 2 heterocycles. The number of nitrogens with zero attached hydrogens (tertiary/aromatic N) is 4. The van der Waals surface area contributed by atoms with Crippen molar-refractivity contribution in [3.05, 3.63) is 63.6 Å². The van der Waals surface area contributed by atoms with Crippen LogP contribution in [0.4, 0.5) is 4.39 Å². The third kappa shape index (κ3) is 4.35. The van der Waals surface area contributed by atoms with Gasteiger partial charge in [0.1, 0.15) is 11.6 Å². The summed E-state index contributed by atoms with van der Waals surface area (Å²) in [6, 6.07) is 7.53. The number of aromatic nitrogens is 2. The first-order valence-corrected chi connectivity index (χ1v) is 8.69. The summed E-state index contributed by atoms with van der Waals surface area (Å²) in [5.41, 5.74) is 1.41. The molecular weight excluding hydrogens is 335 g/mol. The van der Waals surface area contributed by atoms with Crippen molar-refractivity contribution in [3.8, 4) is 0 Å². The zero-order chi connectivity index (χ0) is 18.7. The Morgan fingerprint density at radius 3 is 2.65 bits per heavy atom. The molecule has 0 fully saturated rings. The highest BCUT2D eigenvalue weighted by Gasteiger charge is 2.21. The number of hydrogen-bond donors (Lipinski definition) is 0. The van der Waals surface area contributed by atoms with Crippen LogP contribution in [-0.2, 0) is 30.8 Å². The van der Waals surface area contributed by atoms with Gasteiger partial charge in [0.15, 0.2) is 0 Å². The van der Waals surface area contributed by atoms with Gasteiger partial charge in [0, 0.05) is 25.7 Å². The summed E-state index contributed by atoms with van der Waals surface area (Å²) in [5.74, 6) is 0.263. The van der Waals surface area contributed by atoms with Gasteiger partial charge in [-0.25, -0.2) is 9.37 Å². The van der Waals surface area contributed by atoms with Gasteiger partial charge >= 0.3 is 0 Å². The first-order valence-electron chi connectivity index (χ1n) is 8.69. The minimum atomic E-state index is -0.318. The summed E-state index contributed by atoms with van der Waals surface area (Å²) in [6.07, 6.45) is 0.915. The lowest BCUT2D eigenvalue weighted by Crippen LogP contribution is -2.33. The van der Waals surface area contributed by atoms with Crippen molar-refractivity contribution in [2.24, 2.45) is 0 Å². The van der Waals surface area contributed by atoms with E-state index in [0.717, 1.165) is 5.56 Å². The van der Waals surface area contributed by atoms with Gasteiger partial charge in [-0.15, -0.1) is 0 Å². The molecule has 0 N–H and O–H groups in total. The Kier molecular flexibility index (Phi) is 5.46. The summed E-state index contributed by atoms with van der Waals surface area (Å²) >= 11 is 0. The number of benzene rings is 1. The van der Waals surface area contributed by atoms with E-state index in [4.69, 9.17) is 0 Å². The Labute approximate surface area is 151 Å². The molecule has 26 heavy (non-hydrogen) atoms. The fourth-order valence-electron chi connectivity index (χ4n) is 3.14. The van der Waals surface area contributed by atoms with Gasteiger partial charge in [-0.05, 0) is 38.2 Å². The van der Waals surface area contributed by atoms with E-state index in [1.54, 1.807) is 27.7 Å². The van der Waals surface area contributed by atoms with E-state index in [0.29, 0.717) is 44.1 Å². The molecule has 0 radical (unpaired) electrons. The maximum absolute atomic E-state index is 13.0. The minimum Gasteiger partial charge on any atom is -0.335 e. The lowest BCUT2D eigenvalue weighted by atomic mass is 10.1. The van der Waals surface area contributed by atoms with Gasteiger partial charge in [-0.2, -0.15) is 0 Å². The van der Waals surface area contributed by atoms with E-state index in [1.807, 2.05) is 19.0 Å². The quantitative estimate of drug-likeness (QED) is 0.829. The molecule has 0 unspecified atom stereocenters. The van der Waals surface area contributed by atoms with E-state index in [2.05, 4.69) is 4.98 Å². The van der Waals surface area contributed by atoms with E-state index >= 15 is 0 Å². The van der Waals surface area contributed by atoms with Crippen LogP contribution in [0.5, 0.6) is 0 Å². The second kappa shape index (κ2) is 7.78. The molecule has 0 saturated carbocycles. The maximum Gasteiger partial charge on any atom is 0.253 e. The highest BCUT2D eigenvalue weighted by atomic mass is 19.1. The molecule has 1 aromatic heterocycles. The zero-order valence-corrected chi connectivity index (χ0v) is 15.1. The molecule has 138 valence electrons. The van der Waals surface area contributed by atoms with Crippen LogP contribution in [0.2, 0.25) is 0 Å². The molecule has 0 atom stereocenters. The lowest BCUT2D eigenvalue weighted by Gasteiger charge is -2.20.